The van der Waals surface area contributed by atoms with Crippen LogP contribution in [0.3, 0.4) is 0 Å². The van der Waals surface area contributed by atoms with Crippen molar-refractivity contribution < 1.29 is 8.42 Å². The first kappa shape index (κ1) is 14.5. The van der Waals surface area contributed by atoms with E-state index in [1.165, 1.54) is 0 Å². The highest BCUT2D eigenvalue weighted by Gasteiger charge is 2.07. The van der Waals surface area contributed by atoms with Gasteiger partial charge < -0.3 is 5.32 Å². The average Bonchev–Trinajstić information content (AvgIpc) is 2.35. The Bertz CT molecular complexity index is 545. The minimum Gasteiger partial charge on any atom is -0.384 e. The van der Waals surface area contributed by atoms with Crippen molar-refractivity contribution >= 4 is 15.5 Å². The van der Waals surface area contributed by atoms with E-state index in [1.807, 2.05) is 25.1 Å². The van der Waals surface area contributed by atoms with E-state index in [4.69, 9.17) is 5.26 Å². The predicted octanol–water partition coefficient (Wildman–Crippen LogP) is 2.10. The molecule has 0 amide bonds. The summed E-state index contributed by atoms with van der Waals surface area (Å²) >= 11 is 0. The molecule has 0 bridgehead atoms. The minimum atomic E-state index is -2.90. The quantitative estimate of drug-likeness (QED) is 0.800. The Labute approximate surface area is 109 Å². The molecule has 1 N–H and O–H groups in total. The summed E-state index contributed by atoms with van der Waals surface area (Å²) in [5, 5.41) is 12.2. The number of hydrogen-bond acceptors (Lipinski definition) is 4. The van der Waals surface area contributed by atoms with Gasteiger partial charge in [0.05, 0.1) is 17.0 Å². The maximum absolute atomic E-state index is 11.3. The molecule has 0 saturated heterocycles. The first-order valence-corrected chi connectivity index (χ1v) is 7.76. The zero-order chi connectivity index (χ0) is 13.6. The Balaban J connectivity index is 2.56. The summed E-state index contributed by atoms with van der Waals surface area (Å²) in [6.07, 6.45) is 0.551. The predicted molar refractivity (Wildman–Crippen MR) is 73.3 cm³/mol. The molecule has 1 aromatic carbocycles. The lowest BCUT2D eigenvalue weighted by atomic mass is 10.1. The van der Waals surface area contributed by atoms with Gasteiger partial charge in [0.15, 0.2) is 0 Å². The molecule has 0 aliphatic heterocycles. The summed E-state index contributed by atoms with van der Waals surface area (Å²) in [5.74, 6) is 0.366. The molecule has 0 fully saturated rings. The molecule has 18 heavy (non-hydrogen) atoms. The number of benzene rings is 1. The van der Waals surface area contributed by atoms with Crippen LogP contribution in [0.25, 0.3) is 0 Å². The van der Waals surface area contributed by atoms with E-state index in [2.05, 4.69) is 11.4 Å². The summed E-state index contributed by atoms with van der Waals surface area (Å²) in [4.78, 5) is 0. The van der Waals surface area contributed by atoms with Gasteiger partial charge in [-0.1, -0.05) is 19.1 Å². The number of aryl methyl sites for hydroxylation is 1. The molecule has 0 heterocycles. The van der Waals surface area contributed by atoms with Gasteiger partial charge in [-0.2, -0.15) is 5.26 Å². The van der Waals surface area contributed by atoms with Crippen molar-refractivity contribution in [3.05, 3.63) is 29.3 Å². The molecule has 0 aromatic heterocycles. The Morgan fingerprint density at radius 1 is 1.39 bits per heavy atom. The number of anilines is 1. The van der Waals surface area contributed by atoms with Crippen molar-refractivity contribution in [1.82, 2.24) is 0 Å². The number of sulfone groups is 1. The third-order valence-corrected chi connectivity index (χ3v) is 4.56. The second kappa shape index (κ2) is 6.41. The third kappa shape index (κ3) is 4.04. The van der Waals surface area contributed by atoms with Gasteiger partial charge in [0.1, 0.15) is 15.9 Å². The fraction of sp³-hybridized carbons (Fsp3) is 0.462. The van der Waals surface area contributed by atoms with Crippen LogP contribution in [-0.2, 0) is 9.84 Å². The molecule has 0 radical (unpaired) electrons. The highest BCUT2D eigenvalue weighted by molar-refractivity contribution is 7.91. The molecule has 98 valence electrons. The molecule has 5 heteroatoms. The second-order valence-electron chi connectivity index (χ2n) is 4.13. The highest BCUT2D eigenvalue weighted by Crippen LogP contribution is 2.18. The summed E-state index contributed by atoms with van der Waals surface area (Å²) < 4.78 is 22.6. The number of hydrogen-bond donors (Lipinski definition) is 1. The van der Waals surface area contributed by atoms with E-state index in [0.29, 0.717) is 18.5 Å². The lowest BCUT2D eigenvalue weighted by Gasteiger charge is -2.09. The zero-order valence-corrected chi connectivity index (χ0v) is 11.5. The van der Waals surface area contributed by atoms with E-state index in [9.17, 15) is 8.42 Å². The molecule has 1 rings (SSSR count). The van der Waals surface area contributed by atoms with Crippen molar-refractivity contribution in [2.24, 2.45) is 0 Å². The molecule has 0 aliphatic rings. The van der Waals surface area contributed by atoms with Gasteiger partial charge in [0.25, 0.3) is 0 Å². The van der Waals surface area contributed by atoms with Crippen LogP contribution in [0.2, 0.25) is 0 Å². The molecule has 0 aliphatic carbocycles. The number of nitrogens with zero attached hydrogens (tertiary/aromatic N) is 1. The maximum atomic E-state index is 11.3. The lowest BCUT2D eigenvalue weighted by Crippen LogP contribution is -2.13. The van der Waals surface area contributed by atoms with E-state index < -0.39 is 9.84 Å². The topological polar surface area (TPSA) is 70.0 Å². The lowest BCUT2D eigenvalue weighted by molar-refractivity contribution is 0.595. The first-order valence-electron chi connectivity index (χ1n) is 5.94. The van der Waals surface area contributed by atoms with Crippen molar-refractivity contribution in [1.29, 1.82) is 5.26 Å². The van der Waals surface area contributed by atoms with E-state index >= 15 is 0 Å². The molecule has 1 aromatic rings. The summed E-state index contributed by atoms with van der Waals surface area (Å²) in [6.45, 7) is 4.08. The first-order chi connectivity index (χ1) is 8.50. The van der Waals surface area contributed by atoms with Crippen LogP contribution in [-0.4, -0.2) is 26.5 Å². The number of nitrogens with one attached hydrogen (secondary N) is 1. The Kier molecular flexibility index (Phi) is 5.17. The SMILES string of the molecule is CCS(=O)(=O)CCCNc1cccc(C)c1C#N. The highest BCUT2D eigenvalue weighted by atomic mass is 32.2. The molecule has 0 atom stereocenters. The van der Waals surface area contributed by atoms with Crippen LogP contribution >= 0.6 is 0 Å². The number of rotatable bonds is 6. The van der Waals surface area contributed by atoms with Gasteiger partial charge in [-0.25, -0.2) is 8.42 Å². The monoisotopic (exact) mass is 266 g/mol. The van der Waals surface area contributed by atoms with Gasteiger partial charge >= 0.3 is 0 Å². The zero-order valence-electron chi connectivity index (χ0n) is 10.7. The second-order valence-corrected chi connectivity index (χ2v) is 6.60. The molecule has 0 saturated carbocycles. The van der Waals surface area contributed by atoms with Crippen molar-refractivity contribution in [3.8, 4) is 6.07 Å². The standard InChI is InChI=1S/C13H18N2O2S/c1-3-18(16,17)9-5-8-15-13-7-4-6-11(2)12(13)10-14/h4,6-7,15H,3,5,8-9H2,1-2H3. The van der Waals surface area contributed by atoms with Gasteiger partial charge in [-0.05, 0) is 25.0 Å². The van der Waals surface area contributed by atoms with Gasteiger partial charge in [-0.15, -0.1) is 0 Å². The van der Waals surface area contributed by atoms with E-state index in [1.54, 1.807) is 6.92 Å². The molecule has 0 spiro atoms. The van der Waals surface area contributed by atoms with Crippen LogP contribution in [0.5, 0.6) is 0 Å². The normalized spacial score (nSPS) is 10.9. The van der Waals surface area contributed by atoms with Gasteiger partial charge in [0.2, 0.25) is 0 Å². The summed E-state index contributed by atoms with van der Waals surface area (Å²) in [5.41, 5.74) is 2.31. The van der Waals surface area contributed by atoms with Gasteiger partial charge in [-0.3, -0.25) is 0 Å². The fourth-order valence-electron chi connectivity index (χ4n) is 1.62. The van der Waals surface area contributed by atoms with Crippen LogP contribution in [0.1, 0.15) is 24.5 Å². The van der Waals surface area contributed by atoms with E-state index in [-0.39, 0.29) is 11.5 Å². The Morgan fingerprint density at radius 3 is 2.72 bits per heavy atom. The Morgan fingerprint density at radius 2 is 2.11 bits per heavy atom. The molecular weight excluding hydrogens is 248 g/mol. The van der Waals surface area contributed by atoms with Crippen molar-refractivity contribution in [3.63, 3.8) is 0 Å². The fourth-order valence-corrected chi connectivity index (χ4v) is 2.50. The summed E-state index contributed by atoms with van der Waals surface area (Å²) in [7, 11) is -2.90. The van der Waals surface area contributed by atoms with Gasteiger partial charge in [0, 0.05) is 12.3 Å². The Hall–Kier alpha value is -1.54. The molecule has 0 unspecified atom stereocenters. The number of nitriles is 1. The largest absolute Gasteiger partial charge is 0.384 e. The van der Waals surface area contributed by atoms with Crippen LogP contribution < -0.4 is 5.32 Å². The van der Waals surface area contributed by atoms with E-state index in [0.717, 1.165) is 11.3 Å². The van der Waals surface area contributed by atoms with Crippen LogP contribution in [0.15, 0.2) is 18.2 Å². The van der Waals surface area contributed by atoms with Crippen molar-refractivity contribution in [2.45, 2.75) is 20.3 Å². The van der Waals surface area contributed by atoms with Crippen molar-refractivity contribution in [2.75, 3.05) is 23.4 Å². The average molecular weight is 266 g/mol. The van der Waals surface area contributed by atoms with Crippen LogP contribution in [0.4, 0.5) is 5.69 Å². The third-order valence-electron chi connectivity index (χ3n) is 2.77. The summed E-state index contributed by atoms with van der Waals surface area (Å²) in [6, 6.07) is 7.74. The molecule has 4 nitrogen and oxygen atoms in total. The van der Waals surface area contributed by atoms with Crippen LogP contribution in [0, 0.1) is 18.3 Å². The minimum absolute atomic E-state index is 0.181. The maximum Gasteiger partial charge on any atom is 0.150 e. The molecular formula is C13H18N2O2S. The smallest absolute Gasteiger partial charge is 0.150 e.